The highest BCUT2D eigenvalue weighted by atomic mass is 32.2. The largest absolute Gasteiger partial charge is 0.416 e. The monoisotopic (exact) mass is 478 g/mol. The Balaban J connectivity index is 1.98. The van der Waals surface area contributed by atoms with E-state index < -0.39 is 50.8 Å². The Bertz CT molecular complexity index is 1210. The summed E-state index contributed by atoms with van der Waals surface area (Å²) in [4.78, 5) is 2.60. The average Bonchev–Trinajstić information content (AvgIpc) is 2.71. The molecule has 0 aliphatic rings. The summed E-state index contributed by atoms with van der Waals surface area (Å²) in [5.74, 6) is -0.615. The third-order valence-electron chi connectivity index (χ3n) is 4.39. The Labute approximate surface area is 177 Å². The van der Waals surface area contributed by atoms with Gasteiger partial charge in [0.1, 0.15) is 5.82 Å². The van der Waals surface area contributed by atoms with Crippen LogP contribution in [0.5, 0.6) is 0 Å². The van der Waals surface area contributed by atoms with E-state index in [4.69, 9.17) is 0 Å². The minimum atomic E-state index is -5.20. The van der Waals surface area contributed by atoms with E-state index >= 15 is 0 Å². The summed E-state index contributed by atoms with van der Waals surface area (Å²) in [6, 6.07) is 7.01. The number of alkyl halides is 6. The van der Waals surface area contributed by atoms with Crippen LogP contribution in [-0.2, 0) is 28.9 Å². The first-order valence-corrected chi connectivity index (χ1v) is 10.2. The highest BCUT2D eigenvalue weighted by Gasteiger charge is 2.38. The van der Waals surface area contributed by atoms with Crippen LogP contribution >= 0.6 is 0 Å². The van der Waals surface area contributed by atoms with Crippen molar-refractivity contribution in [2.24, 2.45) is 0 Å². The summed E-state index contributed by atoms with van der Waals surface area (Å²) >= 11 is 0. The zero-order chi connectivity index (χ0) is 23.7. The van der Waals surface area contributed by atoms with Gasteiger partial charge in [0.25, 0.3) is 0 Å². The first-order valence-electron chi connectivity index (χ1n) is 8.76. The Morgan fingerprint density at radius 3 is 2.00 bits per heavy atom. The Hall–Kier alpha value is -2.99. The molecular weight excluding hydrogens is 465 g/mol. The van der Waals surface area contributed by atoms with E-state index in [0.29, 0.717) is 0 Å². The Morgan fingerprint density at radius 2 is 1.44 bits per heavy atom. The molecule has 0 fully saturated rings. The van der Waals surface area contributed by atoms with Gasteiger partial charge in [0.15, 0.2) is 0 Å². The van der Waals surface area contributed by atoms with Crippen molar-refractivity contribution in [1.82, 2.24) is 9.71 Å². The molecule has 4 nitrogen and oxygen atoms in total. The van der Waals surface area contributed by atoms with Gasteiger partial charge < -0.3 is 0 Å². The van der Waals surface area contributed by atoms with E-state index in [1.54, 1.807) is 0 Å². The summed E-state index contributed by atoms with van der Waals surface area (Å²) in [6.45, 7) is -0.558. The van der Waals surface area contributed by atoms with Crippen molar-refractivity contribution in [3.8, 4) is 11.1 Å². The van der Waals surface area contributed by atoms with E-state index in [2.05, 4.69) is 4.98 Å². The number of sulfonamides is 1. The highest BCUT2D eigenvalue weighted by molar-refractivity contribution is 7.89. The molecule has 170 valence electrons. The van der Waals surface area contributed by atoms with Gasteiger partial charge in [-0.25, -0.2) is 17.5 Å². The summed E-state index contributed by atoms with van der Waals surface area (Å²) in [6.07, 6.45) is -7.88. The van der Waals surface area contributed by atoms with Gasteiger partial charge in [0.2, 0.25) is 10.0 Å². The van der Waals surface area contributed by atoms with Crippen molar-refractivity contribution in [1.29, 1.82) is 0 Å². The molecule has 32 heavy (non-hydrogen) atoms. The molecule has 0 aliphatic carbocycles. The molecule has 3 aromatic rings. The third kappa shape index (κ3) is 5.25. The molecule has 2 aromatic carbocycles. The lowest BCUT2D eigenvalue weighted by Crippen LogP contribution is -2.25. The molecule has 0 aliphatic heterocycles. The summed E-state index contributed by atoms with van der Waals surface area (Å²) in [7, 11) is -4.80. The van der Waals surface area contributed by atoms with E-state index in [0.717, 1.165) is 0 Å². The van der Waals surface area contributed by atoms with Crippen LogP contribution in [0.3, 0.4) is 0 Å². The third-order valence-corrected chi connectivity index (χ3v) is 5.77. The smallest absolute Gasteiger partial charge is 0.264 e. The molecule has 0 radical (unpaired) electrons. The topological polar surface area (TPSA) is 59.1 Å². The van der Waals surface area contributed by atoms with Crippen molar-refractivity contribution in [3.05, 3.63) is 83.4 Å². The lowest BCUT2D eigenvalue weighted by molar-refractivity contribution is -0.143. The Kier molecular flexibility index (Phi) is 6.29. The fourth-order valence-electron chi connectivity index (χ4n) is 2.85. The normalized spacial score (nSPS) is 12.7. The van der Waals surface area contributed by atoms with Crippen molar-refractivity contribution < 1.29 is 39.2 Å². The molecule has 1 N–H and O–H groups in total. The van der Waals surface area contributed by atoms with E-state index in [1.165, 1.54) is 42.7 Å². The fraction of sp³-hybridized carbons (Fsp3) is 0.150. The number of pyridine rings is 1. The first kappa shape index (κ1) is 23.7. The molecule has 0 saturated heterocycles. The zero-order valence-corrected chi connectivity index (χ0v) is 16.6. The number of benzene rings is 2. The van der Waals surface area contributed by atoms with Crippen molar-refractivity contribution in [2.45, 2.75) is 23.8 Å². The molecule has 1 aromatic heterocycles. The number of halogens is 7. The van der Waals surface area contributed by atoms with Crippen LogP contribution in [0.1, 0.15) is 16.7 Å². The van der Waals surface area contributed by atoms with Crippen molar-refractivity contribution >= 4 is 10.0 Å². The number of hydrogen-bond donors (Lipinski definition) is 1. The van der Waals surface area contributed by atoms with Gasteiger partial charge in [-0.1, -0.05) is 18.2 Å². The molecule has 12 heteroatoms. The summed E-state index contributed by atoms with van der Waals surface area (Å²) < 4.78 is 119. The van der Waals surface area contributed by atoms with Gasteiger partial charge >= 0.3 is 12.4 Å². The highest BCUT2D eigenvalue weighted by Crippen LogP contribution is 2.37. The molecule has 0 spiro atoms. The van der Waals surface area contributed by atoms with Gasteiger partial charge in [0, 0.05) is 24.5 Å². The van der Waals surface area contributed by atoms with Crippen molar-refractivity contribution in [3.63, 3.8) is 0 Å². The molecule has 0 atom stereocenters. The second-order valence-electron chi connectivity index (χ2n) is 6.58. The number of nitrogens with one attached hydrogen (secondary N) is 1. The fourth-order valence-corrected chi connectivity index (χ4v) is 3.92. The number of rotatable bonds is 5. The van der Waals surface area contributed by atoms with Gasteiger partial charge in [-0.2, -0.15) is 26.3 Å². The lowest BCUT2D eigenvalue weighted by Gasteiger charge is -2.15. The van der Waals surface area contributed by atoms with Crippen LogP contribution in [0.25, 0.3) is 11.1 Å². The maximum atomic E-state index is 14.1. The Morgan fingerprint density at radius 1 is 0.844 bits per heavy atom. The quantitative estimate of drug-likeness (QED) is 0.500. The second kappa shape index (κ2) is 8.51. The molecular formula is C20H13F7N2O2S. The molecule has 0 saturated carbocycles. The predicted molar refractivity (Wildman–Crippen MR) is 100 cm³/mol. The predicted octanol–water partition coefficient (Wildman–Crippen LogP) is 5.40. The van der Waals surface area contributed by atoms with E-state index in [-0.39, 0.29) is 34.9 Å². The van der Waals surface area contributed by atoms with Gasteiger partial charge in [-0.3, -0.25) is 4.98 Å². The SMILES string of the molecule is O=S(=O)(NCc1cnccc1-c1ccccc1F)c1cc(C(F)(F)F)cc(C(F)(F)F)c1. The minimum absolute atomic E-state index is 0.110. The standard InChI is InChI=1S/C20H13F7N2O2S/c21-18-4-2-1-3-17(18)16-5-6-28-10-12(16)11-29-32(30,31)15-8-13(19(22,23)24)7-14(9-15)20(25,26)27/h1-10,29H,11H2. The minimum Gasteiger partial charge on any atom is -0.264 e. The van der Waals surface area contributed by atoms with Crippen LogP contribution < -0.4 is 4.72 Å². The summed E-state index contributed by atoms with van der Waals surface area (Å²) in [5.41, 5.74) is -3.00. The molecule has 1 heterocycles. The number of hydrogen-bond acceptors (Lipinski definition) is 3. The van der Waals surface area contributed by atoms with E-state index in [9.17, 15) is 39.2 Å². The second-order valence-corrected chi connectivity index (χ2v) is 8.35. The maximum absolute atomic E-state index is 14.1. The summed E-state index contributed by atoms with van der Waals surface area (Å²) in [5, 5.41) is 0. The maximum Gasteiger partial charge on any atom is 0.416 e. The van der Waals surface area contributed by atoms with Gasteiger partial charge in [-0.05, 0) is 41.5 Å². The van der Waals surface area contributed by atoms with Gasteiger partial charge in [-0.15, -0.1) is 0 Å². The molecule has 0 amide bonds. The van der Waals surface area contributed by atoms with E-state index in [1.807, 2.05) is 4.72 Å². The molecule has 0 bridgehead atoms. The average molecular weight is 478 g/mol. The lowest BCUT2D eigenvalue weighted by atomic mass is 10.0. The van der Waals surface area contributed by atoms with Crippen molar-refractivity contribution in [2.75, 3.05) is 0 Å². The van der Waals surface area contributed by atoms with Crippen LogP contribution in [-0.4, -0.2) is 13.4 Å². The molecule has 3 rings (SSSR count). The number of aromatic nitrogens is 1. The van der Waals surface area contributed by atoms with Crippen LogP contribution in [0, 0.1) is 5.82 Å². The van der Waals surface area contributed by atoms with Crippen LogP contribution in [0.2, 0.25) is 0 Å². The zero-order valence-electron chi connectivity index (χ0n) is 15.8. The van der Waals surface area contributed by atoms with Crippen LogP contribution in [0.15, 0.2) is 65.8 Å². The van der Waals surface area contributed by atoms with Crippen LogP contribution in [0.4, 0.5) is 30.7 Å². The van der Waals surface area contributed by atoms with Gasteiger partial charge in [0.05, 0.1) is 16.0 Å². The first-order chi connectivity index (χ1) is 14.8. The number of nitrogens with zero attached hydrogens (tertiary/aromatic N) is 1. The molecule has 0 unspecified atom stereocenters.